The minimum Gasteiger partial charge on any atom is -0.497 e. The zero-order valence-electron chi connectivity index (χ0n) is 13.6. The molecule has 0 spiro atoms. The molecule has 3 aromatic rings. The molecule has 5 nitrogen and oxygen atoms in total. The van der Waals surface area contributed by atoms with Crippen LogP contribution in [0.1, 0.15) is 5.56 Å². The number of benzene rings is 2. The van der Waals surface area contributed by atoms with Crippen LogP contribution in [-0.4, -0.2) is 42.2 Å². The summed E-state index contributed by atoms with van der Waals surface area (Å²) in [5, 5.41) is 5.71. The Morgan fingerprint density at radius 2 is 1.87 bits per heavy atom. The molecule has 118 valence electrons. The molecule has 3 rings (SSSR count). The van der Waals surface area contributed by atoms with Crippen molar-refractivity contribution >= 4 is 23.1 Å². The van der Waals surface area contributed by atoms with Gasteiger partial charge in [0, 0.05) is 19.5 Å². The van der Waals surface area contributed by atoms with Gasteiger partial charge in [-0.15, -0.1) is 0 Å². The zero-order valence-corrected chi connectivity index (χ0v) is 13.6. The number of para-hydroxylation sites is 1. The molecule has 0 unspecified atom stereocenters. The summed E-state index contributed by atoms with van der Waals surface area (Å²) in [6.07, 6.45) is 1.77. The Morgan fingerprint density at radius 1 is 1.13 bits per heavy atom. The third-order valence-electron chi connectivity index (χ3n) is 3.54. The van der Waals surface area contributed by atoms with Crippen LogP contribution >= 0.6 is 0 Å². The molecule has 0 bridgehead atoms. The molecule has 0 aliphatic carbocycles. The predicted molar refractivity (Wildman–Crippen MR) is 93.7 cm³/mol. The number of fused-ring (bicyclic) bond motifs is 1. The van der Waals surface area contributed by atoms with E-state index in [0.29, 0.717) is 6.54 Å². The molecule has 2 aromatic carbocycles. The second kappa shape index (κ2) is 6.52. The minimum atomic E-state index is 0.696. The van der Waals surface area contributed by atoms with E-state index in [1.165, 1.54) is 5.56 Å². The summed E-state index contributed by atoms with van der Waals surface area (Å²) in [6, 6.07) is 16.2. The number of aliphatic imine (C=N–C) groups is 1. The van der Waals surface area contributed by atoms with E-state index in [4.69, 9.17) is 4.74 Å². The highest BCUT2D eigenvalue weighted by molar-refractivity contribution is 5.90. The highest BCUT2D eigenvalue weighted by Crippen LogP contribution is 2.25. The molecule has 1 aromatic heterocycles. The van der Waals surface area contributed by atoms with Crippen LogP contribution in [0.4, 0.5) is 5.82 Å². The Kier molecular flexibility index (Phi) is 4.28. The Bertz CT molecular complexity index is 819. The lowest BCUT2D eigenvalue weighted by Crippen LogP contribution is -2.07. The second-order valence-electron chi connectivity index (χ2n) is 5.55. The van der Waals surface area contributed by atoms with E-state index in [1.54, 1.807) is 13.4 Å². The van der Waals surface area contributed by atoms with Crippen molar-refractivity contribution in [1.29, 1.82) is 0 Å². The lowest BCUT2D eigenvalue weighted by molar-refractivity contribution is 0.414. The average molecular weight is 308 g/mol. The zero-order chi connectivity index (χ0) is 16.2. The second-order valence-corrected chi connectivity index (χ2v) is 5.55. The van der Waals surface area contributed by atoms with Gasteiger partial charge in [-0.1, -0.05) is 24.3 Å². The van der Waals surface area contributed by atoms with Gasteiger partial charge in [-0.25, -0.2) is 4.99 Å². The molecule has 1 heterocycles. The molecule has 5 heteroatoms. The molecule has 23 heavy (non-hydrogen) atoms. The van der Waals surface area contributed by atoms with Crippen molar-refractivity contribution in [2.24, 2.45) is 4.99 Å². The normalized spacial score (nSPS) is 11.3. The van der Waals surface area contributed by atoms with Crippen molar-refractivity contribution in [3.05, 3.63) is 54.1 Å². The van der Waals surface area contributed by atoms with Crippen LogP contribution in [-0.2, 0) is 6.54 Å². The predicted octanol–water partition coefficient (Wildman–Crippen LogP) is 3.31. The van der Waals surface area contributed by atoms with Gasteiger partial charge >= 0.3 is 0 Å². The number of methoxy groups -OCH3 is 1. The maximum Gasteiger partial charge on any atom is 0.183 e. The van der Waals surface area contributed by atoms with E-state index in [2.05, 4.69) is 34.4 Å². The SMILES string of the molecule is COc1ccc(Cn2nc(N=CN(C)C)c3ccccc32)cc1. The van der Waals surface area contributed by atoms with Crippen LogP contribution in [0.25, 0.3) is 10.9 Å². The van der Waals surface area contributed by atoms with E-state index in [0.717, 1.165) is 22.5 Å². The van der Waals surface area contributed by atoms with Crippen molar-refractivity contribution < 1.29 is 4.74 Å². The smallest absolute Gasteiger partial charge is 0.183 e. The van der Waals surface area contributed by atoms with Gasteiger partial charge in [-0.3, -0.25) is 4.68 Å². The maximum atomic E-state index is 5.20. The first kappa shape index (κ1) is 15.1. The number of nitrogens with zero attached hydrogens (tertiary/aromatic N) is 4. The van der Waals surface area contributed by atoms with Crippen LogP contribution in [0.3, 0.4) is 0 Å². The topological polar surface area (TPSA) is 42.6 Å². The molecule has 0 aliphatic heterocycles. The lowest BCUT2D eigenvalue weighted by atomic mass is 10.2. The van der Waals surface area contributed by atoms with E-state index < -0.39 is 0 Å². The molecule has 0 saturated heterocycles. The fourth-order valence-electron chi connectivity index (χ4n) is 2.40. The summed E-state index contributed by atoms with van der Waals surface area (Å²) in [7, 11) is 5.56. The van der Waals surface area contributed by atoms with E-state index >= 15 is 0 Å². The van der Waals surface area contributed by atoms with Gasteiger partial charge in [-0.2, -0.15) is 5.10 Å². The molecule has 0 amide bonds. The largest absolute Gasteiger partial charge is 0.497 e. The van der Waals surface area contributed by atoms with Gasteiger partial charge in [0.15, 0.2) is 5.82 Å². The number of rotatable bonds is 5. The molecule has 0 N–H and O–H groups in total. The fourth-order valence-corrected chi connectivity index (χ4v) is 2.40. The highest BCUT2D eigenvalue weighted by Gasteiger charge is 2.09. The first-order chi connectivity index (χ1) is 11.2. The molecule has 0 fully saturated rings. The average Bonchev–Trinajstić information content (AvgIpc) is 2.92. The van der Waals surface area contributed by atoms with Crippen molar-refractivity contribution in [2.75, 3.05) is 21.2 Å². The molecule has 0 saturated carbocycles. The molecular formula is C18H20N4O. The van der Waals surface area contributed by atoms with E-state index in [1.807, 2.05) is 47.9 Å². The van der Waals surface area contributed by atoms with E-state index in [9.17, 15) is 0 Å². The summed E-state index contributed by atoms with van der Waals surface area (Å²) in [4.78, 5) is 6.37. The molecular weight excluding hydrogens is 288 g/mol. The number of hydrogen-bond donors (Lipinski definition) is 0. The van der Waals surface area contributed by atoms with Gasteiger partial charge in [0.1, 0.15) is 5.75 Å². The summed E-state index contributed by atoms with van der Waals surface area (Å²) >= 11 is 0. The number of aromatic nitrogens is 2. The highest BCUT2D eigenvalue weighted by atomic mass is 16.5. The van der Waals surface area contributed by atoms with Gasteiger partial charge < -0.3 is 9.64 Å². The number of ether oxygens (including phenoxy) is 1. The van der Waals surface area contributed by atoms with Crippen LogP contribution in [0, 0.1) is 0 Å². The van der Waals surface area contributed by atoms with Crippen molar-refractivity contribution in [3.8, 4) is 5.75 Å². The van der Waals surface area contributed by atoms with Crippen LogP contribution in [0.15, 0.2) is 53.5 Å². The Hall–Kier alpha value is -2.82. The monoisotopic (exact) mass is 308 g/mol. The number of hydrogen-bond acceptors (Lipinski definition) is 3. The third kappa shape index (κ3) is 3.34. The molecule has 0 atom stereocenters. The maximum absolute atomic E-state index is 5.20. The summed E-state index contributed by atoms with van der Waals surface area (Å²) in [6.45, 7) is 0.696. The van der Waals surface area contributed by atoms with Crippen LogP contribution in [0.5, 0.6) is 5.75 Å². The summed E-state index contributed by atoms with van der Waals surface area (Å²) in [5.41, 5.74) is 2.25. The Labute approximate surface area is 135 Å². The molecule has 0 radical (unpaired) electrons. The van der Waals surface area contributed by atoms with Gasteiger partial charge in [0.2, 0.25) is 0 Å². The van der Waals surface area contributed by atoms with Crippen LogP contribution in [0.2, 0.25) is 0 Å². The van der Waals surface area contributed by atoms with Gasteiger partial charge in [0.05, 0.1) is 25.5 Å². The van der Waals surface area contributed by atoms with E-state index in [-0.39, 0.29) is 0 Å². The summed E-state index contributed by atoms with van der Waals surface area (Å²) < 4.78 is 7.19. The van der Waals surface area contributed by atoms with Gasteiger partial charge in [-0.05, 0) is 29.8 Å². The Balaban J connectivity index is 1.96. The van der Waals surface area contributed by atoms with Crippen molar-refractivity contribution in [1.82, 2.24) is 14.7 Å². The third-order valence-corrected chi connectivity index (χ3v) is 3.54. The van der Waals surface area contributed by atoms with Gasteiger partial charge in [0.25, 0.3) is 0 Å². The first-order valence-electron chi connectivity index (χ1n) is 7.46. The minimum absolute atomic E-state index is 0.696. The molecule has 0 aliphatic rings. The fraction of sp³-hybridized carbons (Fsp3) is 0.222. The summed E-state index contributed by atoms with van der Waals surface area (Å²) in [5.74, 6) is 1.60. The van der Waals surface area contributed by atoms with Crippen molar-refractivity contribution in [2.45, 2.75) is 6.54 Å². The quantitative estimate of drug-likeness (QED) is 0.536. The lowest BCUT2D eigenvalue weighted by Gasteiger charge is -2.05. The Morgan fingerprint density at radius 3 is 2.57 bits per heavy atom. The first-order valence-corrected chi connectivity index (χ1v) is 7.46. The van der Waals surface area contributed by atoms with Crippen molar-refractivity contribution in [3.63, 3.8) is 0 Å². The standard InChI is InChI=1S/C18H20N4O/c1-21(2)13-19-18-16-6-4-5-7-17(16)22(20-18)12-14-8-10-15(23-3)11-9-14/h4-11,13H,12H2,1-3H3. The van der Waals surface area contributed by atoms with Crippen LogP contribution < -0.4 is 4.74 Å².